The highest BCUT2D eigenvalue weighted by Crippen LogP contribution is 2.39. The van der Waals surface area contributed by atoms with Crippen LogP contribution in [0.2, 0.25) is 0 Å². The van der Waals surface area contributed by atoms with Gasteiger partial charge in [-0.3, -0.25) is 4.79 Å². The Labute approximate surface area is 98.1 Å². The van der Waals surface area contributed by atoms with Crippen LogP contribution in [0.4, 0.5) is 0 Å². The Bertz CT molecular complexity index is 285. The van der Waals surface area contributed by atoms with Crippen molar-refractivity contribution in [2.24, 2.45) is 0 Å². The predicted octanol–water partition coefficient (Wildman–Crippen LogP) is 3.75. The first kappa shape index (κ1) is 11.7. The molecule has 1 saturated carbocycles. The molecule has 0 aromatic carbocycles. The molecule has 0 saturated heterocycles. The first-order valence-corrected chi connectivity index (χ1v) is 6.66. The average Bonchev–Trinajstić information content (AvgIpc) is 2.26. The number of carbonyl (C=O) groups excluding carboxylic acids is 1. The minimum Gasteiger partial charge on any atom is -0.491 e. The molecule has 16 heavy (non-hydrogen) atoms. The molecule has 1 fully saturated rings. The van der Waals surface area contributed by atoms with E-state index in [1.54, 1.807) is 6.08 Å². The molecule has 2 nitrogen and oxygen atoms in total. The fraction of sp³-hybridized carbons (Fsp3) is 0.786. The van der Waals surface area contributed by atoms with Crippen molar-refractivity contribution >= 4 is 5.78 Å². The van der Waals surface area contributed by atoms with Crippen LogP contribution in [0.25, 0.3) is 0 Å². The smallest absolute Gasteiger partial charge is 0.163 e. The number of allylic oxidation sites excluding steroid dienone is 2. The second-order valence-electron chi connectivity index (χ2n) is 5.20. The molecule has 2 aliphatic rings. The van der Waals surface area contributed by atoms with Crippen LogP contribution >= 0.6 is 0 Å². The zero-order valence-corrected chi connectivity index (χ0v) is 10.3. The van der Waals surface area contributed by atoms with E-state index in [0.29, 0.717) is 6.42 Å². The van der Waals surface area contributed by atoms with Gasteiger partial charge in [0.05, 0.1) is 6.42 Å². The summed E-state index contributed by atoms with van der Waals surface area (Å²) in [6, 6.07) is 0. The maximum atomic E-state index is 11.8. The van der Waals surface area contributed by atoms with Gasteiger partial charge in [0.1, 0.15) is 11.4 Å². The van der Waals surface area contributed by atoms with Gasteiger partial charge in [0, 0.05) is 12.5 Å². The molecule has 2 heteroatoms. The van der Waals surface area contributed by atoms with E-state index in [2.05, 4.69) is 6.92 Å². The monoisotopic (exact) mass is 222 g/mol. The SMILES string of the molecule is CCCCC1=CC(=O)CC2(CCCCC2)O1. The third kappa shape index (κ3) is 2.66. The molecule has 0 aromatic heterocycles. The van der Waals surface area contributed by atoms with Crippen LogP contribution in [0.5, 0.6) is 0 Å². The van der Waals surface area contributed by atoms with Crippen molar-refractivity contribution < 1.29 is 9.53 Å². The third-order valence-corrected chi connectivity index (χ3v) is 3.71. The summed E-state index contributed by atoms with van der Waals surface area (Å²) in [5, 5.41) is 0. The molecule has 0 radical (unpaired) electrons. The minimum atomic E-state index is -0.118. The van der Waals surface area contributed by atoms with Gasteiger partial charge >= 0.3 is 0 Å². The van der Waals surface area contributed by atoms with Gasteiger partial charge in [-0.15, -0.1) is 0 Å². The Morgan fingerprint density at radius 2 is 2.06 bits per heavy atom. The predicted molar refractivity (Wildman–Crippen MR) is 64.1 cm³/mol. The van der Waals surface area contributed by atoms with Gasteiger partial charge in [-0.2, -0.15) is 0 Å². The summed E-state index contributed by atoms with van der Waals surface area (Å²) in [5.41, 5.74) is -0.118. The Morgan fingerprint density at radius 3 is 2.75 bits per heavy atom. The summed E-state index contributed by atoms with van der Waals surface area (Å²) in [4.78, 5) is 11.8. The Morgan fingerprint density at radius 1 is 1.31 bits per heavy atom. The lowest BCUT2D eigenvalue weighted by Gasteiger charge is -2.40. The van der Waals surface area contributed by atoms with Gasteiger partial charge in [-0.05, 0) is 32.1 Å². The third-order valence-electron chi connectivity index (χ3n) is 3.71. The zero-order valence-electron chi connectivity index (χ0n) is 10.3. The van der Waals surface area contributed by atoms with E-state index in [1.165, 1.54) is 19.3 Å². The lowest BCUT2D eigenvalue weighted by molar-refractivity contribution is -0.126. The van der Waals surface area contributed by atoms with Crippen LogP contribution in [0.15, 0.2) is 11.8 Å². The zero-order chi connectivity index (χ0) is 11.4. The summed E-state index contributed by atoms with van der Waals surface area (Å²) in [5.74, 6) is 1.22. The minimum absolute atomic E-state index is 0.118. The molecule has 0 unspecified atom stereocenters. The van der Waals surface area contributed by atoms with Crippen molar-refractivity contribution in [3.8, 4) is 0 Å². The Hall–Kier alpha value is -0.790. The summed E-state index contributed by atoms with van der Waals surface area (Å²) in [7, 11) is 0. The van der Waals surface area contributed by atoms with Gasteiger partial charge in [0.25, 0.3) is 0 Å². The van der Waals surface area contributed by atoms with Gasteiger partial charge in [0.2, 0.25) is 0 Å². The molecular weight excluding hydrogens is 200 g/mol. The van der Waals surface area contributed by atoms with Crippen LogP contribution in [-0.2, 0) is 9.53 Å². The number of rotatable bonds is 3. The van der Waals surface area contributed by atoms with Crippen LogP contribution in [0.3, 0.4) is 0 Å². The van der Waals surface area contributed by atoms with E-state index in [-0.39, 0.29) is 11.4 Å². The van der Waals surface area contributed by atoms with Crippen molar-refractivity contribution in [2.75, 3.05) is 0 Å². The number of carbonyl (C=O) groups is 1. The van der Waals surface area contributed by atoms with Crippen molar-refractivity contribution in [1.29, 1.82) is 0 Å². The number of unbranched alkanes of at least 4 members (excludes halogenated alkanes) is 1. The molecule has 90 valence electrons. The molecule has 0 aromatic rings. The van der Waals surface area contributed by atoms with Crippen molar-refractivity contribution in [3.63, 3.8) is 0 Å². The molecule has 0 N–H and O–H groups in total. The molecule has 1 aliphatic carbocycles. The van der Waals surface area contributed by atoms with E-state index in [1.807, 2.05) is 0 Å². The maximum Gasteiger partial charge on any atom is 0.163 e. The summed E-state index contributed by atoms with van der Waals surface area (Å²) >= 11 is 0. The maximum absolute atomic E-state index is 11.8. The highest BCUT2D eigenvalue weighted by molar-refractivity contribution is 5.91. The first-order chi connectivity index (χ1) is 7.74. The average molecular weight is 222 g/mol. The van der Waals surface area contributed by atoms with Gasteiger partial charge in [-0.1, -0.05) is 19.8 Å². The molecule has 1 spiro atoms. The molecule has 1 heterocycles. The van der Waals surface area contributed by atoms with E-state index < -0.39 is 0 Å². The summed E-state index contributed by atoms with van der Waals surface area (Å²) < 4.78 is 6.13. The van der Waals surface area contributed by atoms with E-state index in [9.17, 15) is 4.79 Å². The molecular formula is C14H22O2. The number of ether oxygens (including phenoxy) is 1. The van der Waals surface area contributed by atoms with Crippen LogP contribution in [-0.4, -0.2) is 11.4 Å². The summed E-state index contributed by atoms with van der Waals surface area (Å²) in [6.45, 7) is 2.17. The number of hydrogen-bond donors (Lipinski definition) is 0. The van der Waals surface area contributed by atoms with Crippen molar-refractivity contribution in [3.05, 3.63) is 11.8 Å². The van der Waals surface area contributed by atoms with Crippen molar-refractivity contribution in [1.82, 2.24) is 0 Å². The lowest BCUT2D eigenvalue weighted by Crippen LogP contribution is -2.39. The Kier molecular flexibility index (Phi) is 3.67. The van der Waals surface area contributed by atoms with Crippen LogP contribution in [0, 0.1) is 0 Å². The lowest BCUT2D eigenvalue weighted by atomic mass is 9.79. The number of hydrogen-bond acceptors (Lipinski definition) is 2. The van der Waals surface area contributed by atoms with Crippen LogP contribution < -0.4 is 0 Å². The van der Waals surface area contributed by atoms with Crippen molar-refractivity contribution in [2.45, 2.75) is 70.3 Å². The molecule has 2 rings (SSSR count). The second kappa shape index (κ2) is 5.03. The normalized spacial score (nSPS) is 24.1. The molecule has 0 bridgehead atoms. The molecule has 1 aliphatic heterocycles. The highest BCUT2D eigenvalue weighted by atomic mass is 16.5. The van der Waals surface area contributed by atoms with Crippen LogP contribution in [0.1, 0.15) is 64.7 Å². The number of ketones is 1. The topological polar surface area (TPSA) is 26.3 Å². The van der Waals surface area contributed by atoms with Gasteiger partial charge in [0.15, 0.2) is 5.78 Å². The largest absolute Gasteiger partial charge is 0.491 e. The molecule has 0 atom stereocenters. The van der Waals surface area contributed by atoms with Gasteiger partial charge in [-0.25, -0.2) is 0 Å². The van der Waals surface area contributed by atoms with E-state index >= 15 is 0 Å². The highest BCUT2D eigenvalue weighted by Gasteiger charge is 2.38. The summed E-state index contributed by atoms with van der Waals surface area (Å²) in [6.07, 6.45) is 11.4. The second-order valence-corrected chi connectivity index (χ2v) is 5.20. The standard InChI is InChI=1S/C14H22O2/c1-2-3-7-13-10-12(15)11-14(16-13)8-5-4-6-9-14/h10H,2-9,11H2,1H3. The fourth-order valence-corrected chi connectivity index (χ4v) is 2.84. The fourth-order valence-electron chi connectivity index (χ4n) is 2.84. The van der Waals surface area contributed by atoms with E-state index in [4.69, 9.17) is 4.74 Å². The molecule has 0 amide bonds. The van der Waals surface area contributed by atoms with Gasteiger partial charge < -0.3 is 4.74 Å². The quantitative estimate of drug-likeness (QED) is 0.727. The first-order valence-electron chi connectivity index (χ1n) is 6.66. The van der Waals surface area contributed by atoms with E-state index in [0.717, 1.165) is 37.9 Å². The Balaban J connectivity index is 2.03.